The molecule has 0 unspecified atom stereocenters. The van der Waals surface area contributed by atoms with Crippen LogP contribution in [0.2, 0.25) is 10.0 Å². The van der Waals surface area contributed by atoms with Gasteiger partial charge in [0.05, 0.1) is 16.3 Å². The number of amides is 2. The molecule has 0 radical (unpaired) electrons. The predicted octanol–water partition coefficient (Wildman–Crippen LogP) is 5.27. The molecule has 29 heavy (non-hydrogen) atoms. The van der Waals surface area contributed by atoms with Crippen LogP contribution < -0.4 is 10.9 Å². The average molecular weight is 443 g/mol. The molecular weight excluding hydrogens is 432 g/mol. The summed E-state index contributed by atoms with van der Waals surface area (Å²) in [7, 11) is 0. The summed E-state index contributed by atoms with van der Waals surface area (Å²) in [5.41, 5.74) is -1.40. The maximum absolute atomic E-state index is 13.0. The maximum Gasteiger partial charge on any atom is 0.416 e. The quantitative estimate of drug-likeness (QED) is 0.587. The summed E-state index contributed by atoms with van der Waals surface area (Å²) >= 11 is 12.1. The Labute approximate surface area is 171 Å². The molecule has 3 rings (SSSR count). The third kappa shape index (κ3) is 4.78. The molecule has 0 saturated carbocycles. The Bertz CT molecular complexity index is 1200. The molecule has 0 saturated heterocycles. The fourth-order valence-corrected chi connectivity index (χ4v) is 3.05. The Kier molecular flexibility index (Phi) is 5.68. The van der Waals surface area contributed by atoms with Crippen molar-refractivity contribution >= 4 is 51.7 Å². The van der Waals surface area contributed by atoms with Gasteiger partial charge >= 0.3 is 6.18 Å². The summed E-state index contributed by atoms with van der Waals surface area (Å²) in [6.45, 7) is 1.13. The van der Waals surface area contributed by atoms with Crippen molar-refractivity contribution in [3.8, 4) is 0 Å². The van der Waals surface area contributed by atoms with Crippen molar-refractivity contribution in [2.45, 2.75) is 13.1 Å². The second kappa shape index (κ2) is 7.88. The van der Waals surface area contributed by atoms with Gasteiger partial charge in [-0.1, -0.05) is 29.3 Å². The van der Waals surface area contributed by atoms with Crippen molar-refractivity contribution in [1.29, 1.82) is 0 Å². The minimum absolute atomic E-state index is 0.107. The molecule has 10 heteroatoms. The number of fused-ring (bicyclic) bond motifs is 1. The van der Waals surface area contributed by atoms with Crippen molar-refractivity contribution in [2.24, 2.45) is 4.99 Å². The minimum Gasteiger partial charge on any atom is -0.436 e. The van der Waals surface area contributed by atoms with Gasteiger partial charge in [0.25, 0.3) is 5.91 Å². The molecule has 5 nitrogen and oxygen atoms in total. The molecule has 1 N–H and O–H groups in total. The van der Waals surface area contributed by atoms with Gasteiger partial charge in [0.15, 0.2) is 5.58 Å². The van der Waals surface area contributed by atoms with Gasteiger partial charge in [-0.15, -0.1) is 0 Å². The number of nitrogens with zero attached hydrogens (tertiary/aromatic N) is 1. The van der Waals surface area contributed by atoms with Gasteiger partial charge < -0.3 is 4.42 Å². The Morgan fingerprint density at radius 2 is 1.83 bits per heavy atom. The molecule has 0 aliphatic heterocycles. The van der Waals surface area contributed by atoms with E-state index in [0.29, 0.717) is 5.39 Å². The van der Waals surface area contributed by atoms with Crippen LogP contribution in [0.15, 0.2) is 51.9 Å². The lowest BCUT2D eigenvalue weighted by molar-refractivity contribution is -0.137. The third-order valence-electron chi connectivity index (χ3n) is 3.70. The van der Waals surface area contributed by atoms with Gasteiger partial charge in [-0.25, -0.2) is 4.99 Å². The molecule has 0 fully saturated rings. The molecule has 150 valence electrons. The van der Waals surface area contributed by atoms with Gasteiger partial charge in [-0.3, -0.25) is 14.9 Å². The monoisotopic (exact) mass is 442 g/mol. The fourth-order valence-electron chi connectivity index (χ4n) is 2.51. The zero-order chi connectivity index (χ0) is 21.3. The fraction of sp³-hybridized carbons (Fsp3) is 0.105. The maximum atomic E-state index is 13.0. The van der Waals surface area contributed by atoms with Crippen molar-refractivity contribution in [3.05, 3.63) is 69.2 Å². The van der Waals surface area contributed by atoms with Crippen LogP contribution >= 0.6 is 23.2 Å². The highest BCUT2D eigenvalue weighted by Crippen LogP contribution is 2.31. The van der Waals surface area contributed by atoms with E-state index in [-0.39, 0.29) is 32.4 Å². The SMILES string of the molecule is CC(=O)NC(=O)c1cc2cc(Cl)cc(Cl)c2oc1=Nc1cccc(C(F)(F)F)c1. The lowest BCUT2D eigenvalue weighted by Crippen LogP contribution is -2.32. The van der Waals surface area contributed by atoms with Crippen LogP contribution in [0.4, 0.5) is 18.9 Å². The summed E-state index contributed by atoms with van der Waals surface area (Å²) in [6.07, 6.45) is -4.57. The number of imide groups is 1. The molecule has 0 aliphatic rings. The van der Waals surface area contributed by atoms with Crippen molar-refractivity contribution in [3.63, 3.8) is 0 Å². The predicted molar refractivity (Wildman–Crippen MR) is 101 cm³/mol. The molecule has 0 aliphatic carbocycles. The Balaban J connectivity index is 2.28. The van der Waals surface area contributed by atoms with E-state index in [1.807, 2.05) is 0 Å². The van der Waals surface area contributed by atoms with Crippen LogP contribution in [-0.2, 0) is 11.0 Å². The summed E-state index contributed by atoms with van der Waals surface area (Å²) in [4.78, 5) is 27.7. The Morgan fingerprint density at radius 3 is 2.48 bits per heavy atom. The highest BCUT2D eigenvalue weighted by molar-refractivity contribution is 6.38. The second-order valence-corrected chi connectivity index (χ2v) is 6.79. The molecule has 0 spiro atoms. The van der Waals surface area contributed by atoms with E-state index >= 15 is 0 Å². The lowest BCUT2D eigenvalue weighted by Gasteiger charge is -2.08. The smallest absolute Gasteiger partial charge is 0.416 e. The number of alkyl halides is 3. The molecule has 2 aromatic carbocycles. The van der Waals surface area contributed by atoms with Gasteiger partial charge in [-0.05, 0) is 36.4 Å². The zero-order valence-corrected chi connectivity index (χ0v) is 16.1. The molecule has 1 heterocycles. The highest BCUT2D eigenvalue weighted by atomic mass is 35.5. The van der Waals surface area contributed by atoms with Gasteiger partial charge in [0.2, 0.25) is 11.5 Å². The van der Waals surface area contributed by atoms with Crippen LogP contribution in [0.25, 0.3) is 11.0 Å². The van der Waals surface area contributed by atoms with Crippen molar-refractivity contribution in [2.75, 3.05) is 0 Å². The van der Waals surface area contributed by atoms with Crippen LogP contribution in [-0.4, -0.2) is 11.8 Å². The standard InChI is InChI=1S/C19H11Cl2F3N2O3/c1-9(27)25-17(28)14-6-10-5-12(20)8-15(21)16(10)29-18(14)26-13-4-2-3-11(7-13)19(22,23)24/h2-8H,1H3,(H,25,27,28). The molecule has 1 aromatic heterocycles. The number of carbonyl (C=O) groups is 2. The second-order valence-electron chi connectivity index (χ2n) is 5.94. The van der Waals surface area contributed by atoms with Crippen molar-refractivity contribution in [1.82, 2.24) is 5.32 Å². The van der Waals surface area contributed by atoms with Crippen LogP contribution in [0.5, 0.6) is 0 Å². The summed E-state index contributed by atoms with van der Waals surface area (Å²) in [6, 6.07) is 8.38. The Morgan fingerprint density at radius 1 is 1.10 bits per heavy atom. The van der Waals surface area contributed by atoms with Crippen LogP contribution in [0, 0.1) is 0 Å². The number of halogens is 5. The van der Waals surface area contributed by atoms with Crippen LogP contribution in [0.1, 0.15) is 22.8 Å². The summed E-state index contributed by atoms with van der Waals surface area (Å²) in [5, 5.41) is 2.81. The van der Waals surface area contributed by atoms with Crippen LogP contribution in [0.3, 0.4) is 0 Å². The first-order valence-electron chi connectivity index (χ1n) is 8.01. The minimum atomic E-state index is -4.57. The molecule has 2 amide bonds. The number of hydrogen-bond donors (Lipinski definition) is 1. The Hall–Kier alpha value is -2.84. The molecule has 3 aromatic rings. The number of nitrogens with one attached hydrogen (secondary N) is 1. The number of hydrogen-bond acceptors (Lipinski definition) is 4. The first kappa shape index (κ1) is 20.9. The number of benzene rings is 2. The van der Waals surface area contributed by atoms with Gasteiger partial charge in [0, 0.05) is 17.3 Å². The summed E-state index contributed by atoms with van der Waals surface area (Å²) < 4.78 is 44.5. The van der Waals surface area contributed by atoms with E-state index < -0.39 is 23.6 Å². The lowest BCUT2D eigenvalue weighted by atomic mass is 10.1. The molecular formula is C19H11Cl2F3N2O3. The number of rotatable bonds is 2. The molecule has 0 bridgehead atoms. The van der Waals surface area contributed by atoms with E-state index in [0.717, 1.165) is 19.1 Å². The third-order valence-corrected chi connectivity index (χ3v) is 4.20. The van der Waals surface area contributed by atoms with Crippen molar-refractivity contribution < 1.29 is 27.2 Å². The van der Waals surface area contributed by atoms with E-state index in [4.69, 9.17) is 27.6 Å². The summed E-state index contributed by atoms with van der Waals surface area (Å²) in [5.74, 6) is -1.48. The molecule has 0 atom stereocenters. The largest absolute Gasteiger partial charge is 0.436 e. The van der Waals surface area contributed by atoms with E-state index in [9.17, 15) is 22.8 Å². The van der Waals surface area contributed by atoms with Gasteiger partial charge in [-0.2, -0.15) is 13.2 Å². The van der Waals surface area contributed by atoms with Gasteiger partial charge in [0.1, 0.15) is 5.56 Å². The topological polar surface area (TPSA) is 71.7 Å². The van der Waals surface area contributed by atoms with E-state index in [1.54, 1.807) is 0 Å². The number of carbonyl (C=O) groups excluding carboxylic acids is 2. The van der Waals surface area contributed by atoms with E-state index in [1.165, 1.54) is 30.3 Å². The first-order valence-corrected chi connectivity index (χ1v) is 8.77. The average Bonchev–Trinajstić information content (AvgIpc) is 2.60. The first-order chi connectivity index (χ1) is 13.5. The zero-order valence-electron chi connectivity index (χ0n) is 14.6. The van der Waals surface area contributed by atoms with E-state index in [2.05, 4.69) is 10.3 Å². The normalized spacial score (nSPS) is 12.3. The highest BCUT2D eigenvalue weighted by Gasteiger charge is 2.30.